The molecule has 0 saturated carbocycles. The molecule has 4 nitrogen and oxygen atoms in total. The quantitative estimate of drug-likeness (QED) is 0.912. The summed E-state index contributed by atoms with van der Waals surface area (Å²) >= 11 is 7.47. The predicted octanol–water partition coefficient (Wildman–Crippen LogP) is 2.64. The zero-order chi connectivity index (χ0) is 14.2. The molecule has 1 heterocycles. The van der Waals surface area contributed by atoms with Gasteiger partial charge in [0.2, 0.25) is 0 Å². The van der Waals surface area contributed by atoms with Crippen LogP contribution >= 0.6 is 23.4 Å². The van der Waals surface area contributed by atoms with Crippen molar-refractivity contribution < 1.29 is 14.7 Å². The lowest BCUT2D eigenvalue weighted by Crippen LogP contribution is -2.44. The summed E-state index contributed by atoms with van der Waals surface area (Å²) in [6, 6.07) is 4.26. The number of nitrogens with zero attached hydrogens (tertiary/aromatic N) is 1. The molecule has 0 aromatic heterocycles. The second-order valence-electron chi connectivity index (χ2n) is 4.46. The first-order valence-electron chi connectivity index (χ1n) is 5.85. The van der Waals surface area contributed by atoms with E-state index in [0.717, 1.165) is 5.56 Å². The highest BCUT2D eigenvalue weighted by Gasteiger charge is 2.39. The Hall–Kier alpha value is -1.20. The average Bonchev–Trinajstić information content (AvgIpc) is 2.74. The van der Waals surface area contributed by atoms with Gasteiger partial charge in [-0.25, -0.2) is 4.79 Å². The van der Waals surface area contributed by atoms with E-state index in [0.29, 0.717) is 16.3 Å². The Kier molecular flexibility index (Phi) is 4.06. The second kappa shape index (κ2) is 5.43. The number of aryl methyl sites for hydroxylation is 1. The highest BCUT2D eigenvalue weighted by Crippen LogP contribution is 2.31. The fourth-order valence-corrected chi connectivity index (χ4v) is 3.36. The fraction of sp³-hybridized carbons (Fsp3) is 0.385. The van der Waals surface area contributed by atoms with Crippen molar-refractivity contribution in [2.75, 3.05) is 5.75 Å². The molecule has 0 radical (unpaired) electrons. The molecule has 2 rings (SSSR count). The molecule has 1 aromatic carbocycles. The van der Waals surface area contributed by atoms with E-state index in [-0.39, 0.29) is 11.3 Å². The summed E-state index contributed by atoms with van der Waals surface area (Å²) < 4.78 is 0. The third-order valence-electron chi connectivity index (χ3n) is 3.16. The zero-order valence-electron chi connectivity index (χ0n) is 10.6. The maximum absolute atomic E-state index is 12.4. The van der Waals surface area contributed by atoms with Crippen molar-refractivity contribution in [3.63, 3.8) is 0 Å². The molecule has 1 aromatic rings. The van der Waals surface area contributed by atoms with E-state index in [1.165, 1.54) is 16.7 Å². The normalized spacial score (nSPS) is 22.6. The van der Waals surface area contributed by atoms with Crippen LogP contribution in [0, 0.1) is 6.92 Å². The van der Waals surface area contributed by atoms with E-state index in [2.05, 4.69) is 0 Å². The van der Waals surface area contributed by atoms with Crippen LogP contribution in [-0.2, 0) is 4.79 Å². The average molecular weight is 300 g/mol. The number of carboxylic acids is 1. The summed E-state index contributed by atoms with van der Waals surface area (Å²) in [5.41, 5.74) is 1.31. The molecule has 6 heteroatoms. The van der Waals surface area contributed by atoms with Gasteiger partial charge >= 0.3 is 5.97 Å². The number of halogens is 1. The zero-order valence-corrected chi connectivity index (χ0v) is 12.2. The van der Waals surface area contributed by atoms with E-state index in [1.54, 1.807) is 18.2 Å². The summed E-state index contributed by atoms with van der Waals surface area (Å²) in [6.07, 6.45) is 0. The Balaban J connectivity index is 2.31. The van der Waals surface area contributed by atoms with Crippen LogP contribution in [-0.4, -0.2) is 39.1 Å². The van der Waals surface area contributed by atoms with Crippen LogP contribution in [0.2, 0.25) is 5.02 Å². The van der Waals surface area contributed by atoms with Crippen molar-refractivity contribution in [2.24, 2.45) is 0 Å². The van der Waals surface area contributed by atoms with Gasteiger partial charge in [0.05, 0.1) is 5.37 Å². The number of carbonyl (C=O) groups is 2. The Bertz CT molecular complexity index is 535. The summed E-state index contributed by atoms with van der Waals surface area (Å²) in [4.78, 5) is 25.0. The Morgan fingerprint density at radius 3 is 2.74 bits per heavy atom. The summed E-state index contributed by atoms with van der Waals surface area (Å²) in [6.45, 7) is 3.69. The molecule has 19 heavy (non-hydrogen) atoms. The van der Waals surface area contributed by atoms with Crippen molar-refractivity contribution in [2.45, 2.75) is 25.3 Å². The number of thioether (sulfide) groups is 1. The lowest BCUT2D eigenvalue weighted by Gasteiger charge is -2.25. The topological polar surface area (TPSA) is 57.6 Å². The van der Waals surface area contributed by atoms with Crippen LogP contribution in [0.25, 0.3) is 0 Å². The van der Waals surface area contributed by atoms with Gasteiger partial charge in [-0.1, -0.05) is 17.7 Å². The van der Waals surface area contributed by atoms with Crippen molar-refractivity contribution in [3.8, 4) is 0 Å². The van der Waals surface area contributed by atoms with Crippen molar-refractivity contribution in [1.82, 2.24) is 4.90 Å². The van der Waals surface area contributed by atoms with Crippen molar-refractivity contribution in [3.05, 3.63) is 34.3 Å². The lowest BCUT2D eigenvalue weighted by atomic mass is 10.1. The molecule has 0 spiro atoms. The third kappa shape index (κ3) is 2.72. The molecule has 102 valence electrons. The minimum Gasteiger partial charge on any atom is -0.480 e. The van der Waals surface area contributed by atoms with Gasteiger partial charge < -0.3 is 10.0 Å². The van der Waals surface area contributed by atoms with Crippen LogP contribution in [0.1, 0.15) is 22.8 Å². The Labute approximate surface area is 120 Å². The number of rotatable bonds is 2. The molecule has 0 bridgehead atoms. The first-order valence-corrected chi connectivity index (χ1v) is 7.27. The fourth-order valence-electron chi connectivity index (χ4n) is 2.02. The van der Waals surface area contributed by atoms with Crippen LogP contribution in [0.5, 0.6) is 0 Å². The molecule has 1 aliphatic heterocycles. The Morgan fingerprint density at radius 2 is 2.16 bits per heavy atom. The molecular formula is C13H14ClNO3S. The number of carboxylic acid groups (broad SMARTS) is 1. The number of amides is 1. The lowest BCUT2D eigenvalue weighted by molar-refractivity contribution is -0.141. The SMILES string of the molecule is Cc1ccc(C(=O)N2C(C)SCC2C(=O)O)cc1Cl. The highest BCUT2D eigenvalue weighted by atomic mass is 35.5. The smallest absolute Gasteiger partial charge is 0.327 e. The van der Waals surface area contributed by atoms with Crippen molar-refractivity contribution in [1.29, 1.82) is 0 Å². The number of benzene rings is 1. The van der Waals surface area contributed by atoms with Crippen LogP contribution in [0.4, 0.5) is 0 Å². The van der Waals surface area contributed by atoms with Gasteiger partial charge in [0.15, 0.2) is 0 Å². The van der Waals surface area contributed by atoms with E-state index in [1.807, 2.05) is 13.8 Å². The van der Waals surface area contributed by atoms with E-state index in [9.17, 15) is 9.59 Å². The maximum atomic E-state index is 12.4. The van der Waals surface area contributed by atoms with E-state index < -0.39 is 12.0 Å². The van der Waals surface area contributed by atoms with Gasteiger partial charge in [-0.3, -0.25) is 4.79 Å². The molecule has 0 aliphatic carbocycles. The monoisotopic (exact) mass is 299 g/mol. The Morgan fingerprint density at radius 1 is 1.47 bits per heavy atom. The van der Waals surface area contributed by atoms with Gasteiger partial charge in [-0.2, -0.15) is 0 Å². The predicted molar refractivity (Wildman–Crippen MR) is 75.7 cm³/mol. The standard InChI is InChI=1S/C13H14ClNO3S/c1-7-3-4-9(5-10(7)14)12(16)15-8(2)19-6-11(15)13(17)18/h3-5,8,11H,6H2,1-2H3,(H,17,18). The first kappa shape index (κ1) is 14.2. The van der Waals surface area contributed by atoms with Crippen molar-refractivity contribution >= 4 is 35.2 Å². The summed E-state index contributed by atoms with van der Waals surface area (Å²) in [5, 5.41) is 9.53. The second-order valence-corrected chi connectivity index (χ2v) is 6.22. The summed E-state index contributed by atoms with van der Waals surface area (Å²) in [5.74, 6) is -0.836. The highest BCUT2D eigenvalue weighted by molar-refractivity contribution is 8.00. The number of hydrogen-bond donors (Lipinski definition) is 1. The van der Waals surface area contributed by atoms with E-state index >= 15 is 0 Å². The molecule has 1 amide bonds. The van der Waals surface area contributed by atoms with Gasteiger partial charge in [0.1, 0.15) is 6.04 Å². The molecule has 2 unspecified atom stereocenters. The van der Waals surface area contributed by atoms with Gasteiger partial charge in [-0.15, -0.1) is 11.8 Å². The third-order valence-corrected chi connectivity index (χ3v) is 4.79. The van der Waals surface area contributed by atoms with Crippen LogP contribution in [0.3, 0.4) is 0 Å². The molecule has 1 aliphatic rings. The van der Waals surface area contributed by atoms with E-state index in [4.69, 9.17) is 16.7 Å². The first-order chi connectivity index (χ1) is 8.91. The minimum absolute atomic E-state index is 0.145. The van der Waals surface area contributed by atoms with Gasteiger partial charge in [0.25, 0.3) is 5.91 Å². The minimum atomic E-state index is -0.969. The molecule has 1 N–H and O–H groups in total. The maximum Gasteiger partial charge on any atom is 0.327 e. The largest absolute Gasteiger partial charge is 0.480 e. The number of carbonyl (C=O) groups excluding carboxylic acids is 1. The van der Waals surface area contributed by atoms with Crippen LogP contribution in [0.15, 0.2) is 18.2 Å². The van der Waals surface area contributed by atoms with Gasteiger partial charge in [-0.05, 0) is 31.5 Å². The molecule has 1 saturated heterocycles. The van der Waals surface area contributed by atoms with Gasteiger partial charge in [0, 0.05) is 16.3 Å². The number of aliphatic carboxylic acids is 1. The molecular weight excluding hydrogens is 286 g/mol. The molecule has 1 fully saturated rings. The molecule has 2 atom stereocenters. The summed E-state index contributed by atoms with van der Waals surface area (Å²) in [7, 11) is 0. The number of hydrogen-bond acceptors (Lipinski definition) is 3. The van der Waals surface area contributed by atoms with Crippen LogP contribution < -0.4 is 0 Å².